The van der Waals surface area contributed by atoms with Crippen LogP contribution in [0.4, 0.5) is 0 Å². The standard InChI is InChI=1S/C13H19NO/c1-10(14-15-5)11-7-6-8-12(9-11)13(2,3)4/h6-9H,1-5H3/b14-10-. The van der Waals surface area contributed by atoms with Crippen LogP contribution in [0.3, 0.4) is 0 Å². The maximum Gasteiger partial charge on any atom is 0.106 e. The highest BCUT2D eigenvalue weighted by Crippen LogP contribution is 2.22. The van der Waals surface area contributed by atoms with Crippen molar-refractivity contribution in [3.05, 3.63) is 35.4 Å². The van der Waals surface area contributed by atoms with E-state index in [0.29, 0.717) is 0 Å². The molecule has 1 rings (SSSR count). The summed E-state index contributed by atoms with van der Waals surface area (Å²) in [6.45, 7) is 8.56. The Morgan fingerprint density at radius 3 is 2.47 bits per heavy atom. The van der Waals surface area contributed by atoms with Crippen molar-refractivity contribution in [2.24, 2.45) is 5.16 Å². The number of hydrogen-bond donors (Lipinski definition) is 0. The van der Waals surface area contributed by atoms with Crippen molar-refractivity contribution in [2.45, 2.75) is 33.1 Å². The Bertz CT molecular complexity index is 361. The van der Waals surface area contributed by atoms with Gasteiger partial charge in [-0.3, -0.25) is 0 Å². The second kappa shape index (κ2) is 4.47. The van der Waals surface area contributed by atoms with Crippen molar-refractivity contribution < 1.29 is 4.84 Å². The topological polar surface area (TPSA) is 21.6 Å². The molecular formula is C13H19NO. The molecule has 0 bridgehead atoms. The lowest BCUT2D eigenvalue weighted by Crippen LogP contribution is -2.11. The summed E-state index contributed by atoms with van der Waals surface area (Å²) in [6, 6.07) is 8.42. The van der Waals surface area contributed by atoms with Crippen molar-refractivity contribution in [1.82, 2.24) is 0 Å². The van der Waals surface area contributed by atoms with Gasteiger partial charge in [0, 0.05) is 0 Å². The Morgan fingerprint density at radius 2 is 1.93 bits per heavy atom. The van der Waals surface area contributed by atoms with Crippen LogP contribution in [0.2, 0.25) is 0 Å². The molecule has 0 aliphatic rings. The Kier molecular flexibility index (Phi) is 3.51. The number of hydrogen-bond acceptors (Lipinski definition) is 2. The van der Waals surface area contributed by atoms with Crippen molar-refractivity contribution in [2.75, 3.05) is 7.11 Å². The lowest BCUT2D eigenvalue weighted by molar-refractivity contribution is 0.213. The first-order chi connectivity index (χ1) is 6.95. The molecule has 0 atom stereocenters. The Morgan fingerprint density at radius 1 is 1.27 bits per heavy atom. The van der Waals surface area contributed by atoms with Gasteiger partial charge in [-0.15, -0.1) is 0 Å². The summed E-state index contributed by atoms with van der Waals surface area (Å²) >= 11 is 0. The molecule has 0 saturated carbocycles. The summed E-state index contributed by atoms with van der Waals surface area (Å²) in [6.07, 6.45) is 0. The van der Waals surface area contributed by atoms with Gasteiger partial charge in [0.05, 0.1) is 5.71 Å². The monoisotopic (exact) mass is 205 g/mol. The molecule has 0 spiro atoms. The highest BCUT2D eigenvalue weighted by Gasteiger charge is 2.13. The van der Waals surface area contributed by atoms with Gasteiger partial charge in [0.2, 0.25) is 0 Å². The normalized spacial score (nSPS) is 12.7. The molecule has 0 radical (unpaired) electrons. The summed E-state index contributed by atoms with van der Waals surface area (Å²) in [7, 11) is 1.57. The minimum atomic E-state index is 0.170. The number of benzene rings is 1. The van der Waals surface area contributed by atoms with Gasteiger partial charge in [-0.05, 0) is 29.5 Å². The van der Waals surface area contributed by atoms with E-state index in [-0.39, 0.29) is 5.41 Å². The van der Waals surface area contributed by atoms with E-state index in [1.165, 1.54) is 5.56 Å². The molecule has 0 heterocycles. The van der Waals surface area contributed by atoms with E-state index in [9.17, 15) is 0 Å². The summed E-state index contributed by atoms with van der Waals surface area (Å²) in [4.78, 5) is 4.77. The van der Waals surface area contributed by atoms with Gasteiger partial charge in [-0.25, -0.2) is 0 Å². The maximum atomic E-state index is 4.77. The first kappa shape index (κ1) is 11.8. The summed E-state index contributed by atoms with van der Waals surface area (Å²) in [5.74, 6) is 0. The lowest BCUT2D eigenvalue weighted by Gasteiger charge is -2.19. The molecule has 0 aromatic heterocycles. The third kappa shape index (κ3) is 3.08. The predicted molar refractivity (Wildman–Crippen MR) is 64.4 cm³/mol. The molecule has 0 aliphatic heterocycles. The van der Waals surface area contributed by atoms with E-state index >= 15 is 0 Å². The van der Waals surface area contributed by atoms with Gasteiger partial charge < -0.3 is 4.84 Å². The quantitative estimate of drug-likeness (QED) is 0.536. The van der Waals surface area contributed by atoms with E-state index in [1.807, 2.05) is 13.0 Å². The van der Waals surface area contributed by atoms with E-state index in [0.717, 1.165) is 11.3 Å². The van der Waals surface area contributed by atoms with Crippen LogP contribution in [0.15, 0.2) is 29.4 Å². The van der Waals surface area contributed by atoms with E-state index < -0.39 is 0 Å². The van der Waals surface area contributed by atoms with Crippen LogP contribution >= 0.6 is 0 Å². The molecule has 2 heteroatoms. The fourth-order valence-corrected chi connectivity index (χ4v) is 1.40. The van der Waals surface area contributed by atoms with Crippen LogP contribution in [0.5, 0.6) is 0 Å². The smallest absolute Gasteiger partial charge is 0.106 e. The van der Waals surface area contributed by atoms with Crippen molar-refractivity contribution in [1.29, 1.82) is 0 Å². The number of oxime groups is 1. The fourth-order valence-electron chi connectivity index (χ4n) is 1.40. The molecule has 0 unspecified atom stereocenters. The van der Waals surface area contributed by atoms with E-state index in [1.54, 1.807) is 7.11 Å². The van der Waals surface area contributed by atoms with Crippen LogP contribution in [0.1, 0.15) is 38.8 Å². The first-order valence-electron chi connectivity index (χ1n) is 5.14. The molecule has 1 aromatic rings. The van der Waals surface area contributed by atoms with Crippen molar-refractivity contribution in [3.8, 4) is 0 Å². The fraction of sp³-hybridized carbons (Fsp3) is 0.462. The van der Waals surface area contributed by atoms with Gasteiger partial charge in [0.15, 0.2) is 0 Å². The molecule has 82 valence electrons. The van der Waals surface area contributed by atoms with Crippen LogP contribution in [0, 0.1) is 0 Å². The van der Waals surface area contributed by atoms with Gasteiger partial charge in [-0.1, -0.05) is 44.1 Å². The molecule has 15 heavy (non-hydrogen) atoms. The molecule has 0 N–H and O–H groups in total. The molecule has 0 amide bonds. The molecule has 1 aromatic carbocycles. The Balaban J connectivity index is 3.08. The SMILES string of the molecule is CO/N=C(/C)c1cccc(C(C)(C)C)c1. The molecule has 0 saturated heterocycles. The van der Waals surface area contributed by atoms with Crippen LogP contribution in [-0.4, -0.2) is 12.8 Å². The molecule has 0 aliphatic carbocycles. The minimum absolute atomic E-state index is 0.170. The number of rotatable bonds is 2. The zero-order chi connectivity index (χ0) is 11.5. The zero-order valence-corrected chi connectivity index (χ0v) is 10.2. The molecule has 0 fully saturated rings. The van der Waals surface area contributed by atoms with Crippen molar-refractivity contribution in [3.63, 3.8) is 0 Å². The Hall–Kier alpha value is -1.31. The lowest BCUT2D eigenvalue weighted by atomic mass is 9.86. The first-order valence-corrected chi connectivity index (χ1v) is 5.14. The molecule has 2 nitrogen and oxygen atoms in total. The zero-order valence-electron chi connectivity index (χ0n) is 10.2. The van der Waals surface area contributed by atoms with Crippen LogP contribution < -0.4 is 0 Å². The molecular weight excluding hydrogens is 186 g/mol. The third-order valence-corrected chi connectivity index (χ3v) is 2.37. The van der Waals surface area contributed by atoms with Crippen molar-refractivity contribution >= 4 is 5.71 Å². The summed E-state index contributed by atoms with van der Waals surface area (Å²) < 4.78 is 0. The summed E-state index contributed by atoms with van der Waals surface area (Å²) in [5.41, 5.74) is 3.50. The van der Waals surface area contributed by atoms with Gasteiger partial charge in [0.25, 0.3) is 0 Å². The predicted octanol–water partition coefficient (Wildman–Crippen LogP) is 3.35. The highest BCUT2D eigenvalue weighted by molar-refractivity contribution is 5.98. The average Bonchev–Trinajstić information content (AvgIpc) is 2.17. The second-order valence-corrected chi connectivity index (χ2v) is 4.69. The number of nitrogens with zero attached hydrogens (tertiary/aromatic N) is 1. The largest absolute Gasteiger partial charge is 0.399 e. The van der Waals surface area contributed by atoms with Gasteiger partial charge in [0.1, 0.15) is 7.11 Å². The maximum absolute atomic E-state index is 4.77. The Labute approximate surface area is 91.9 Å². The highest BCUT2D eigenvalue weighted by atomic mass is 16.6. The van der Waals surface area contributed by atoms with Gasteiger partial charge in [-0.2, -0.15) is 0 Å². The van der Waals surface area contributed by atoms with Gasteiger partial charge >= 0.3 is 0 Å². The van der Waals surface area contributed by atoms with Crippen LogP contribution in [-0.2, 0) is 10.3 Å². The van der Waals surface area contributed by atoms with E-state index in [4.69, 9.17) is 4.84 Å². The minimum Gasteiger partial charge on any atom is -0.399 e. The average molecular weight is 205 g/mol. The summed E-state index contributed by atoms with van der Waals surface area (Å²) in [5, 5.41) is 3.93. The van der Waals surface area contributed by atoms with Crippen LogP contribution in [0.25, 0.3) is 0 Å². The van der Waals surface area contributed by atoms with E-state index in [2.05, 4.69) is 44.1 Å². The third-order valence-electron chi connectivity index (χ3n) is 2.37. The second-order valence-electron chi connectivity index (χ2n) is 4.69.